The maximum Gasteiger partial charge on any atom is 0.472 e. The topological polar surface area (TPSA) is 198 Å². The Morgan fingerprint density at radius 3 is 1.45 bits per heavy atom. The third-order valence-corrected chi connectivity index (χ3v) is 11.2. The van der Waals surface area contributed by atoms with Gasteiger partial charge in [-0.15, -0.1) is 0 Å². The lowest BCUT2D eigenvalue weighted by atomic mass is 10.0. The maximum absolute atomic E-state index is 12.7. The number of aliphatic carboxylic acids is 1. The number of hydrogen-bond donors (Lipinski definition) is 3. The second-order valence-corrected chi connectivity index (χ2v) is 16.4. The highest BCUT2D eigenvalue weighted by atomic mass is 31.2. The molecule has 3 unspecified atom stereocenters. The number of phosphoric ester groups is 1. The van der Waals surface area contributed by atoms with Crippen molar-refractivity contribution in [3.8, 4) is 0 Å². The van der Waals surface area contributed by atoms with E-state index in [2.05, 4.69) is 46.1 Å². The summed E-state index contributed by atoms with van der Waals surface area (Å²) >= 11 is 0. The second kappa shape index (κ2) is 26.9. The highest BCUT2D eigenvalue weighted by Crippen LogP contribution is 2.43. The van der Waals surface area contributed by atoms with Crippen LogP contribution in [0.4, 0.5) is 0 Å². The summed E-state index contributed by atoms with van der Waals surface area (Å²) in [4.78, 5) is 46.1. The molecule has 0 aromatic carbocycles. The molecule has 2 heterocycles. The van der Waals surface area contributed by atoms with Crippen molar-refractivity contribution >= 4 is 25.7 Å². The molecular formula is C42H70NO12P. The van der Waals surface area contributed by atoms with Gasteiger partial charge in [-0.2, -0.15) is 0 Å². The summed E-state index contributed by atoms with van der Waals surface area (Å²) in [6.45, 7) is 11.1. The smallest absolute Gasteiger partial charge is 0.472 e. The van der Waals surface area contributed by atoms with Gasteiger partial charge in [-0.3, -0.25) is 23.4 Å². The van der Waals surface area contributed by atoms with Gasteiger partial charge in [0.1, 0.15) is 35.7 Å². The van der Waals surface area contributed by atoms with Crippen molar-refractivity contribution in [1.82, 2.24) is 0 Å². The van der Waals surface area contributed by atoms with Crippen molar-refractivity contribution in [1.29, 1.82) is 0 Å². The van der Waals surface area contributed by atoms with Crippen LogP contribution in [0.1, 0.15) is 162 Å². The van der Waals surface area contributed by atoms with E-state index in [0.29, 0.717) is 12.8 Å². The van der Waals surface area contributed by atoms with Crippen LogP contribution in [0.5, 0.6) is 0 Å². The molecule has 0 aliphatic rings. The molecule has 2 aromatic rings. The quantitative estimate of drug-likeness (QED) is 0.0359. The van der Waals surface area contributed by atoms with Crippen molar-refractivity contribution in [3.05, 3.63) is 45.3 Å². The number of carboxylic acid groups (broad SMARTS) is 1. The number of nitrogens with two attached hydrogens (primary N) is 1. The Kier molecular flexibility index (Phi) is 23.6. The van der Waals surface area contributed by atoms with Crippen LogP contribution >= 0.6 is 7.82 Å². The van der Waals surface area contributed by atoms with E-state index in [1.54, 1.807) is 0 Å². The molecule has 4 N–H and O–H groups in total. The van der Waals surface area contributed by atoms with E-state index in [0.717, 1.165) is 126 Å². The van der Waals surface area contributed by atoms with Crippen LogP contribution in [-0.4, -0.2) is 59.9 Å². The van der Waals surface area contributed by atoms with Crippen molar-refractivity contribution in [2.75, 3.05) is 19.8 Å². The number of furan rings is 2. The van der Waals surface area contributed by atoms with Crippen LogP contribution in [-0.2, 0) is 63.2 Å². The van der Waals surface area contributed by atoms with Gasteiger partial charge in [0.15, 0.2) is 6.10 Å². The van der Waals surface area contributed by atoms with Crippen LogP contribution in [0.3, 0.4) is 0 Å². The lowest BCUT2D eigenvalue weighted by Gasteiger charge is -2.20. The lowest BCUT2D eigenvalue weighted by molar-refractivity contribution is -0.161. The summed E-state index contributed by atoms with van der Waals surface area (Å²) in [5.41, 5.74) is 10.4. The predicted octanol–water partition coefficient (Wildman–Crippen LogP) is 9.26. The SMILES string of the molecule is CCCc1oc(CCCCCCCCC(=O)OCC(COP(=O)(O)OCC(N)C(=O)O)OC(=O)CCCCCCCCc2oc(CCC)c(C)c2C)c(C)c1C. The van der Waals surface area contributed by atoms with Crippen molar-refractivity contribution in [3.63, 3.8) is 0 Å². The number of carbonyl (C=O) groups excluding carboxylic acids is 2. The zero-order valence-electron chi connectivity index (χ0n) is 34.9. The second-order valence-electron chi connectivity index (χ2n) is 14.9. The van der Waals surface area contributed by atoms with Crippen molar-refractivity contribution < 1.29 is 56.3 Å². The summed E-state index contributed by atoms with van der Waals surface area (Å²) in [7, 11) is -4.74. The zero-order valence-corrected chi connectivity index (χ0v) is 35.8. The van der Waals surface area contributed by atoms with Crippen molar-refractivity contribution in [2.24, 2.45) is 5.73 Å². The van der Waals surface area contributed by atoms with E-state index in [1.165, 1.54) is 22.3 Å². The van der Waals surface area contributed by atoms with Gasteiger partial charge in [-0.05, 0) is 88.5 Å². The molecule has 0 spiro atoms. The Bertz CT molecular complexity index is 1520. The van der Waals surface area contributed by atoms with Gasteiger partial charge in [-0.1, -0.05) is 65.2 Å². The number of carbonyl (C=O) groups is 3. The fraction of sp³-hybridized carbons (Fsp3) is 0.738. The molecule has 0 fully saturated rings. The Morgan fingerprint density at radius 2 is 1.00 bits per heavy atom. The number of carboxylic acids is 1. The number of ether oxygens (including phenoxy) is 2. The number of rotatable bonds is 32. The largest absolute Gasteiger partial charge is 0.480 e. The summed E-state index contributed by atoms with van der Waals surface area (Å²) < 4.78 is 44.9. The fourth-order valence-electron chi connectivity index (χ4n) is 6.45. The Labute approximate surface area is 334 Å². The van der Waals surface area contributed by atoms with Crippen LogP contribution in [0, 0.1) is 27.7 Å². The summed E-state index contributed by atoms with van der Waals surface area (Å²) in [5, 5.41) is 8.90. The van der Waals surface area contributed by atoms with Crippen molar-refractivity contribution in [2.45, 2.75) is 182 Å². The van der Waals surface area contributed by atoms with Gasteiger partial charge < -0.3 is 34.0 Å². The highest BCUT2D eigenvalue weighted by Gasteiger charge is 2.28. The minimum atomic E-state index is -4.74. The van der Waals surface area contributed by atoms with Gasteiger partial charge in [0.2, 0.25) is 0 Å². The molecule has 3 atom stereocenters. The van der Waals surface area contributed by atoms with E-state index in [1.807, 2.05) is 0 Å². The molecule has 0 aliphatic carbocycles. The average Bonchev–Trinajstić information content (AvgIpc) is 3.58. The van der Waals surface area contributed by atoms with Gasteiger partial charge in [0.25, 0.3) is 0 Å². The monoisotopic (exact) mass is 811 g/mol. The number of unbranched alkanes of at least 4 members (excludes halogenated alkanes) is 10. The molecule has 0 radical (unpaired) electrons. The molecule has 13 nitrogen and oxygen atoms in total. The summed E-state index contributed by atoms with van der Waals surface area (Å²) in [6, 6.07) is -1.54. The Hall–Kier alpha value is -2.96. The molecule has 0 aliphatic heterocycles. The highest BCUT2D eigenvalue weighted by molar-refractivity contribution is 7.47. The first-order chi connectivity index (χ1) is 26.7. The van der Waals surface area contributed by atoms with Crippen LogP contribution < -0.4 is 5.73 Å². The molecule has 14 heteroatoms. The maximum atomic E-state index is 12.7. The zero-order chi connectivity index (χ0) is 41.5. The van der Waals surface area contributed by atoms with Crippen LogP contribution in [0.25, 0.3) is 0 Å². The fourth-order valence-corrected chi connectivity index (χ4v) is 7.23. The number of esters is 2. The number of phosphoric acid groups is 1. The first-order valence-electron chi connectivity index (χ1n) is 20.8. The normalized spacial score (nSPS) is 13.7. The third kappa shape index (κ3) is 19.0. The molecule has 2 aromatic heterocycles. The molecule has 0 bridgehead atoms. The molecule has 0 amide bonds. The standard InChI is InChI=1S/C42H70NO12P/c1-7-21-36-30(3)32(5)38(54-36)23-17-13-9-11-15-19-25-40(44)50-27-34(28-51-56(48,49)52-29-35(43)42(46)47)53-41(45)26-20-16-12-10-14-18-24-39-33(6)31(4)37(55-39)22-8-2/h34-35H,7-29,43H2,1-6H3,(H,46,47)(H,48,49). The van der Waals surface area contributed by atoms with Gasteiger partial charge >= 0.3 is 25.7 Å². The van der Waals surface area contributed by atoms with Gasteiger partial charge in [-0.25, -0.2) is 4.57 Å². The van der Waals surface area contributed by atoms with Crippen LogP contribution in [0.2, 0.25) is 0 Å². The summed E-state index contributed by atoms with van der Waals surface area (Å²) in [5.74, 6) is 1.92. The molecule has 320 valence electrons. The Balaban J connectivity index is 1.71. The van der Waals surface area contributed by atoms with E-state index >= 15 is 0 Å². The third-order valence-electron chi connectivity index (χ3n) is 10.2. The van der Waals surface area contributed by atoms with E-state index < -0.39 is 51.1 Å². The van der Waals surface area contributed by atoms with Gasteiger partial charge in [0, 0.05) is 38.5 Å². The summed E-state index contributed by atoms with van der Waals surface area (Å²) in [6.07, 6.45) is 16.2. The van der Waals surface area contributed by atoms with E-state index in [4.69, 9.17) is 33.7 Å². The first kappa shape index (κ1) is 49.2. The minimum Gasteiger partial charge on any atom is -0.480 e. The van der Waals surface area contributed by atoms with Crippen LogP contribution in [0.15, 0.2) is 8.83 Å². The van der Waals surface area contributed by atoms with E-state index in [-0.39, 0.29) is 19.4 Å². The molecule has 0 saturated heterocycles. The molecule has 2 rings (SSSR count). The average molecular weight is 812 g/mol. The first-order valence-corrected chi connectivity index (χ1v) is 22.3. The molecular weight excluding hydrogens is 741 g/mol. The predicted molar refractivity (Wildman–Crippen MR) is 215 cm³/mol. The molecule has 0 saturated carbocycles. The van der Waals surface area contributed by atoms with E-state index in [9.17, 15) is 23.8 Å². The number of hydrogen-bond acceptors (Lipinski definition) is 11. The minimum absolute atomic E-state index is 0.122. The lowest BCUT2D eigenvalue weighted by Crippen LogP contribution is -2.34. The molecule has 56 heavy (non-hydrogen) atoms. The Morgan fingerprint density at radius 1 is 0.607 bits per heavy atom. The van der Waals surface area contributed by atoms with Gasteiger partial charge in [0.05, 0.1) is 13.2 Å². The number of aryl methyl sites for hydroxylation is 4.